The van der Waals surface area contributed by atoms with E-state index in [0.29, 0.717) is 22.1 Å². The Hall–Kier alpha value is -3.03. The van der Waals surface area contributed by atoms with Gasteiger partial charge < -0.3 is 24.2 Å². The van der Waals surface area contributed by atoms with Gasteiger partial charge in [0.15, 0.2) is 0 Å². The number of hydrogen-bond acceptors (Lipinski definition) is 6. The second-order valence-electron chi connectivity index (χ2n) is 7.57. The van der Waals surface area contributed by atoms with E-state index in [1.54, 1.807) is 36.4 Å². The highest BCUT2D eigenvalue weighted by Gasteiger charge is 2.46. The third kappa shape index (κ3) is 4.74. The van der Waals surface area contributed by atoms with Crippen LogP contribution in [0, 0.1) is 0 Å². The number of aliphatic hydroxyl groups excluding tert-OH is 1. The summed E-state index contributed by atoms with van der Waals surface area (Å²) < 4.78 is 16.1. The molecule has 32 heavy (non-hydrogen) atoms. The van der Waals surface area contributed by atoms with Gasteiger partial charge in [-0.05, 0) is 49.7 Å². The average molecular weight is 460 g/mol. The minimum absolute atomic E-state index is 0.00322. The zero-order valence-corrected chi connectivity index (χ0v) is 19.2. The van der Waals surface area contributed by atoms with Crippen molar-refractivity contribution in [2.45, 2.75) is 26.0 Å². The smallest absolute Gasteiger partial charge is 0.295 e. The van der Waals surface area contributed by atoms with Crippen molar-refractivity contribution in [1.29, 1.82) is 0 Å². The third-order valence-corrected chi connectivity index (χ3v) is 5.30. The highest BCUT2D eigenvalue weighted by atomic mass is 35.5. The fourth-order valence-corrected chi connectivity index (χ4v) is 3.83. The summed E-state index contributed by atoms with van der Waals surface area (Å²) in [4.78, 5) is 27.3. The predicted molar refractivity (Wildman–Crippen MR) is 121 cm³/mol. The number of carbonyl (C=O) groups is 2. The number of Topliss-reactive ketones (excluding diaryl/α,β-unsaturated/α-hetero) is 1. The summed E-state index contributed by atoms with van der Waals surface area (Å²) in [5, 5.41) is 11.5. The van der Waals surface area contributed by atoms with Crippen LogP contribution in [0.3, 0.4) is 0 Å². The first kappa shape index (κ1) is 23.6. The Morgan fingerprint density at radius 3 is 2.41 bits per heavy atom. The van der Waals surface area contributed by atoms with Gasteiger partial charge in [-0.15, -0.1) is 0 Å². The van der Waals surface area contributed by atoms with Crippen LogP contribution < -0.4 is 9.47 Å². The highest BCUT2D eigenvalue weighted by Crippen LogP contribution is 2.41. The van der Waals surface area contributed by atoms with Crippen LogP contribution in [0.25, 0.3) is 5.76 Å². The monoisotopic (exact) mass is 459 g/mol. The molecule has 8 heteroatoms. The fraction of sp³-hybridized carbons (Fsp3) is 0.333. The van der Waals surface area contributed by atoms with E-state index in [1.165, 1.54) is 25.2 Å². The van der Waals surface area contributed by atoms with Crippen molar-refractivity contribution in [3.63, 3.8) is 0 Å². The molecule has 3 rings (SSSR count). The maximum atomic E-state index is 13.0. The molecule has 0 radical (unpaired) electrons. The number of ketones is 1. The molecule has 1 saturated heterocycles. The standard InChI is InChI=1S/C24H26ClNO6/c1-14(2)32-17-8-5-15(6-9-17)21-20(23(28)24(29)26(21)11-12-30-3)22(27)18-13-16(25)7-10-19(18)31-4/h5-10,13-14,21,27H,11-12H2,1-4H3/b22-20+. The highest BCUT2D eigenvalue weighted by molar-refractivity contribution is 6.46. The Balaban J connectivity index is 2.16. The van der Waals surface area contributed by atoms with Crippen LogP contribution in [-0.2, 0) is 14.3 Å². The van der Waals surface area contributed by atoms with E-state index >= 15 is 0 Å². The quantitative estimate of drug-likeness (QED) is 0.361. The van der Waals surface area contributed by atoms with Gasteiger partial charge in [-0.2, -0.15) is 0 Å². The molecule has 0 aromatic heterocycles. The number of methoxy groups -OCH3 is 2. The number of nitrogens with zero attached hydrogens (tertiary/aromatic N) is 1. The summed E-state index contributed by atoms with van der Waals surface area (Å²) in [6, 6.07) is 11.0. The Bertz CT molecular complexity index is 1030. The maximum absolute atomic E-state index is 13.0. The first-order valence-electron chi connectivity index (χ1n) is 10.2. The lowest BCUT2D eigenvalue weighted by Gasteiger charge is -2.25. The molecule has 1 atom stereocenters. The largest absolute Gasteiger partial charge is 0.507 e. The minimum atomic E-state index is -0.804. The Labute approximate surface area is 192 Å². The summed E-state index contributed by atoms with van der Waals surface area (Å²) in [5.41, 5.74) is 0.845. The van der Waals surface area contributed by atoms with Gasteiger partial charge in [0.05, 0.1) is 37.0 Å². The molecule has 0 spiro atoms. The van der Waals surface area contributed by atoms with E-state index in [2.05, 4.69) is 0 Å². The molecule has 1 fully saturated rings. The molecule has 7 nitrogen and oxygen atoms in total. The molecule has 0 aliphatic carbocycles. The number of rotatable bonds is 8. The molecule has 1 amide bonds. The van der Waals surface area contributed by atoms with E-state index < -0.39 is 17.7 Å². The number of benzene rings is 2. The van der Waals surface area contributed by atoms with Crippen LogP contribution in [0.4, 0.5) is 0 Å². The molecule has 1 heterocycles. The first-order chi connectivity index (χ1) is 15.3. The number of ether oxygens (including phenoxy) is 3. The molecule has 1 unspecified atom stereocenters. The maximum Gasteiger partial charge on any atom is 0.295 e. The number of aliphatic hydroxyl groups is 1. The second kappa shape index (κ2) is 10.1. The summed E-state index contributed by atoms with van der Waals surface area (Å²) in [6.07, 6.45) is 0.00322. The number of halogens is 1. The molecule has 2 aromatic carbocycles. The number of amides is 1. The van der Waals surface area contributed by atoms with Gasteiger partial charge in [0.2, 0.25) is 0 Å². The zero-order chi connectivity index (χ0) is 23.4. The van der Waals surface area contributed by atoms with Gasteiger partial charge in [0.1, 0.15) is 17.3 Å². The van der Waals surface area contributed by atoms with Crippen molar-refractivity contribution in [1.82, 2.24) is 4.90 Å². The molecule has 0 bridgehead atoms. The average Bonchev–Trinajstić information content (AvgIpc) is 3.02. The molecule has 1 aliphatic rings. The molecular formula is C24H26ClNO6. The van der Waals surface area contributed by atoms with Crippen LogP contribution in [0.1, 0.15) is 31.0 Å². The van der Waals surface area contributed by atoms with Gasteiger partial charge in [0, 0.05) is 18.7 Å². The van der Waals surface area contributed by atoms with E-state index in [-0.39, 0.29) is 36.2 Å². The van der Waals surface area contributed by atoms with E-state index in [1.807, 2.05) is 13.8 Å². The zero-order valence-electron chi connectivity index (χ0n) is 18.4. The van der Waals surface area contributed by atoms with Crippen LogP contribution in [-0.4, -0.2) is 55.2 Å². The molecular weight excluding hydrogens is 434 g/mol. The number of carbonyl (C=O) groups excluding carboxylic acids is 2. The summed E-state index contributed by atoms with van der Waals surface area (Å²) >= 11 is 6.12. The van der Waals surface area contributed by atoms with Gasteiger partial charge in [-0.25, -0.2) is 0 Å². The minimum Gasteiger partial charge on any atom is -0.507 e. The van der Waals surface area contributed by atoms with Gasteiger partial charge in [0.25, 0.3) is 11.7 Å². The van der Waals surface area contributed by atoms with E-state index in [0.717, 1.165) is 0 Å². The van der Waals surface area contributed by atoms with Crippen molar-refractivity contribution in [3.8, 4) is 11.5 Å². The normalized spacial score (nSPS) is 17.8. The summed E-state index contributed by atoms with van der Waals surface area (Å²) in [6.45, 7) is 4.26. The van der Waals surface area contributed by atoms with Gasteiger partial charge >= 0.3 is 0 Å². The molecule has 2 aromatic rings. The van der Waals surface area contributed by atoms with E-state index in [9.17, 15) is 14.7 Å². The van der Waals surface area contributed by atoms with Crippen molar-refractivity contribution in [2.24, 2.45) is 0 Å². The number of hydrogen-bond donors (Lipinski definition) is 1. The lowest BCUT2D eigenvalue weighted by molar-refractivity contribution is -0.140. The van der Waals surface area contributed by atoms with Gasteiger partial charge in [-0.1, -0.05) is 23.7 Å². The van der Waals surface area contributed by atoms with Crippen LogP contribution in [0.5, 0.6) is 11.5 Å². The van der Waals surface area contributed by atoms with Crippen LogP contribution >= 0.6 is 11.6 Å². The predicted octanol–water partition coefficient (Wildman–Crippen LogP) is 4.20. The van der Waals surface area contributed by atoms with Crippen molar-refractivity contribution < 1.29 is 28.9 Å². The first-order valence-corrected chi connectivity index (χ1v) is 10.5. The van der Waals surface area contributed by atoms with Crippen LogP contribution in [0.2, 0.25) is 5.02 Å². The third-order valence-electron chi connectivity index (χ3n) is 5.06. The Morgan fingerprint density at radius 1 is 1.12 bits per heavy atom. The fourth-order valence-electron chi connectivity index (χ4n) is 3.66. The van der Waals surface area contributed by atoms with Crippen molar-refractivity contribution in [3.05, 3.63) is 64.2 Å². The van der Waals surface area contributed by atoms with Crippen molar-refractivity contribution in [2.75, 3.05) is 27.4 Å². The Kier molecular flexibility index (Phi) is 7.43. The summed E-state index contributed by atoms with van der Waals surface area (Å²) in [5.74, 6) is -0.858. The van der Waals surface area contributed by atoms with E-state index in [4.69, 9.17) is 25.8 Å². The SMILES string of the molecule is COCCN1C(=O)C(=O)/C(=C(/O)c2cc(Cl)ccc2OC)C1c1ccc(OC(C)C)cc1. The molecule has 1 aliphatic heterocycles. The van der Waals surface area contributed by atoms with Crippen LogP contribution in [0.15, 0.2) is 48.0 Å². The molecule has 1 N–H and O–H groups in total. The Morgan fingerprint density at radius 2 is 1.81 bits per heavy atom. The molecule has 0 saturated carbocycles. The molecule has 170 valence electrons. The summed E-state index contributed by atoms with van der Waals surface area (Å²) in [7, 11) is 2.96. The topological polar surface area (TPSA) is 85.3 Å². The second-order valence-corrected chi connectivity index (χ2v) is 8.00. The lowest BCUT2D eigenvalue weighted by atomic mass is 9.95. The lowest BCUT2D eigenvalue weighted by Crippen LogP contribution is -2.32. The van der Waals surface area contributed by atoms with Crippen molar-refractivity contribution >= 4 is 29.1 Å². The number of likely N-dealkylation sites (tertiary alicyclic amines) is 1. The van der Waals surface area contributed by atoms with Gasteiger partial charge in [-0.3, -0.25) is 9.59 Å².